The molecular weight excluding hydrogens is 574 g/mol. The number of hydrogen-bond donors (Lipinski definition) is 1. The highest BCUT2D eigenvalue weighted by Crippen LogP contribution is 2.33. The molecular formula is C32H24ClN3O3S2. The number of anilines is 1. The van der Waals surface area contributed by atoms with Crippen LogP contribution in [0.25, 0.3) is 6.08 Å². The van der Waals surface area contributed by atoms with Crippen molar-refractivity contribution in [3.8, 4) is 5.75 Å². The molecule has 0 bridgehead atoms. The Morgan fingerprint density at radius 3 is 2.63 bits per heavy atom. The van der Waals surface area contributed by atoms with E-state index in [1.54, 1.807) is 4.57 Å². The van der Waals surface area contributed by atoms with Crippen LogP contribution in [0, 0.1) is 0 Å². The van der Waals surface area contributed by atoms with Gasteiger partial charge in [0, 0.05) is 21.2 Å². The summed E-state index contributed by atoms with van der Waals surface area (Å²) in [4.78, 5) is 33.7. The minimum atomic E-state index is -0.591. The molecule has 41 heavy (non-hydrogen) atoms. The molecule has 3 aromatic carbocycles. The lowest BCUT2D eigenvalue weighted by Gasteiger charge is -2.24. The Labute approximate surface area is 249 Å². The molecule has 0 spiro atoms. The second-order valence-electron chi connectivity index (χ2n) is 9.37. The average molecular weight is 598 g/mol. The molecule has 3 heterocycles. The van der Waals surface area contributed by atoms with Crippen molar-refractivity contribution in [1.29, 1.82) is 0 Å². The van der Waals surface area contributed by atoms with Crippen LogP contribution in [0.1, 0.15) is 29.0 Å². The Balaban J connectivity index is 1.39. The van der Waals surface area contributed by atoms with Gasteiger partial charge in [0.05, 0.1) is 15.8 Å². The fourth-order valence-electron chi connectivity index (χ4n) is 4.71. The summed E-state index contributed by atoms with van der Waals surface area (Å²) in [6, 6.07) is 27.6. The van der Waals surface area contributed by atoms with Crippen molar-refractivity contribution in [1.82, 2.24) is 4.57 Å². The summed E-state index contributed by atoms with van der Waals surface area (Å²) >= 11 is 8.93. The molecule has 1 aliphatic heterocycles. The van der Waals surface area contributed by atoms with Crippen LogP contribution in [0.5, 0.6) is 5.75 Å². The number of aromatic nitrogens is 1. The Hall–Kier alpha value is -4.24. The molecule has 6 rings (SSSR count). The summed E-state index contributed by atoms with van der Waals surface area (Å²) in [7, 11) is 0. The van der Waals surface area contributed by atoms with Gasteiger partial charge in [-0.3, -0.25) is 14.2 Å². The maximum absolute atomic E-state index is 14.0. The smallest absolute Gasteiger partial charge is 0.271 e. The number of benzene rings is 3. The van der Waals surface area contributed by atoms with Gasteiger partial charge < -0.3 is 10.1 Å². The highest BCUT2D eigenvalue weighted by molar-refractivity contribution is 7.10. The fourth-order valence-corrected chi connectivity index (χ4v) is 6.78. The van der Waals surface area contributed by atoms with Gasteiger partial charge in [-0.25, -0.2) is 4.99 Å². The second kappa shape index (κ2) is 11.7. The van der Waals surface area contributed by atoms with Gasteiger partial charge in [0.1, 0.15) is 18.4 Å². The third-order valence-corrected chi connectivity index (χ3v) is 8.74. The molecule has 1 aliphatic rings. The molecule has 0 fully saturated rings. The molecule has 0 saturated heterocycles. The summed E-state index contributed by atoms with van der Waals surface area (Å²) < 4.78 is 8.25. The zero-order chi connectivity index (χ0) is 28.3. The molecule has 2 aromatic heterocycles. The van der Waals surface area contributed by atoms with Crippen LogP contribution in [0.15, 0.2) is 117 Å². The number of hydrogen-bond acceptors (Lipinski definition) is 6. The fraction of sp³-hybridized carbons (Fsp3) is 0.0938. The zero-order valence-corrected chi connectivity index (χ0v) is 24.3. The predicted molar refractivity (Wildman–Crippen MR) is 165 cm³/mol. The lowest BCUT2D eigenvalue weighted by atomic mass is 10.0. The number of carbonyl (C=O) groups is 1. The largest absolute Gasteiger partial charge is 0.488 e. The van der Waals surface area contributed by atoms with Crippen LogP contribution in [0.4, 0.5) is 5.69 Å². The number of allylic oxidation sites excluding steroid dienone is 1. The molecule has 9 heteroatoms. The molecule has 1 amide bonds. The lowest BCUT2D eigenvalue weighted by molar-refractivity contribution is -0.113. The number of thiophene rings is 1. The number of nitrogens with zero attached hydrogens (tertiary/aromatic N) is 2. The second-order valence-corrected chi connectivity index (χ2v) is 11.8. The Morgan fingerprint density at radius 1 is 1.05 bits per heavy atom. The summed E-state index contributed by atoms with van der Waals surface area (Å²) in [6.07, 6.45) is 1.83. The number of fused-ring (bicyclic) bond motifs is 1. The minimum absolute atomic E-state index is 0.214. The number of para-hydroxylation sites is 2. The predicted octanol–water partition coefficient (Wildman–Crippen LogP) is 6.17. The van der Waals surface area contributed by atoms with Crippen LogP contribution in [0.3, 0.4) is 0 Å². The third-order valence-electron chi connectivity index (χ3n) is 6.60. The van der Waals surface area contributed by atoms with Gasteiger partial charge in [0.2, 0.25) is 0 Å². The average Bonchev–Trinajstić information content (AvgIpc) is 3.61. The van der Waals surface area contributed by atoms with Crippen molar-refractivity contribution < 1.29 is 9.53 Å². The minimum Gasteiger partial charge on any atom is -0.488 e. The SMILES string of the molecule is CC1=C(C(=O)Nc2ccccc2)[C@H](c2cccs2)n2c(s/c(=C\c3ccccc3OCc3cccc(Cl)c3)c2=O)=N1. The van der Waals surface area contributed by atoms with E-state index in [4.69, 9.17) is 21.3 Å². The third kappa shape index (κ3) is 5.67. The Morgan fingerprint density at radius 2 is 1.85 bits per heavy atom. The van der Waals surface area contributed by atoms with E-state index < -0.39 is 6.04 Å². The molecule has 1 N–H and O–H groups in total. The highest BCUT2D eigenvalue weighted by atomic mass is 35.5. The van der Waals surface area contributed by atoms with Crippen LogP contribution in [-0.4, -0.2) is 10.5 Å². The van der Waals surface area contributed by atoms with Crippen molar-refractivity contribution in [2.24, 2.45) is 4.99 Å². The first-order chi connectivity index (χ1) is 20.0. The maximum Gasteiger partial charge on any atom is 0.271 e. The Bertz CT molecular complexity index is 1940. The molecule has 1 atom stereocenters. The van der Waals surface area contributed by atoms with Crippen LogP contribution in [-0.2, 0) is 11.4 Å². The summed E-state index contributed by atoms with van der Waals surface area (Å²) in [5.74, 6) is 0.358. The van der Waals surface area contributed by atoms with E-state index in [9.17, 15) is 9.59 Å². The Kier molecular flexibility index (Phi) is 7.69. The van der Waals surface area contributed by atoms with E-state index in [1.165, 1.54) is 22.7 Å². The van der Waals surface area contributed by atoms with Gasteiger partial charge >= 0.3 is 0 Å². The molecule has 0 radical (unpaired) electrons. The van der Waals surface area contributed by atoms with Gasteiger partial charge in [-0.15, -0.1) is 11.3 Å². The molecule has 0 aliphatic carbocycles. The van der Waals surface area contributed by atoms with Crippen molar-refractivity contribution in [3.05, 3.63) is 148 Å². The first-order valence-corrected chi connectivity index (χ1v) is 14.9. The summed E-state index contributed by atoms with van der Waals surface area (Å²) in [6.45, 7) is 2.15. The molecule has 5 aromatic rings. The van der Waals surface area contributed by atoms with E-state index >= 15 is 0 Å². The van der Waals surface area contributed by atoms with E-state index in [0.29, 0.717) is 43.7 Å². The number of rotatable bonds is 7. The topological polar surface area (TPSA) is 72.7 Å². The number of nitrogens with one attached hydrogen (secondary N) is 1. The van der Waals surface area contributed by atoms with Gasteiger partial charge in [0.25, 0.3) is 11.5 Å². The number of thiazole rings is 1. The van der Waals surface area contributed by atoms with Crippen LogP contribution >= 0.6 is 34.3 Å². The van der Waals surface area contributed by atoms with Gasteiger partial charge in [-0.2, -0.15) is 0 Å². The normalized spacial score (nSPS) is 14.9. The van der Waals surface area contributed by atoms with E-state index in [-0.39, 0.29) is 11.5 Å². The van der Waals surface area contributed by atoms with E-state index in [0.717, 1.165) is 16.0 Å². The maximum atomic E-state index is 14.0. The first-order valence-electron chi connectivity index (χ1n) is 12.9. The number of ether oxygens (including phenoxy) is 1. The number of halogens is 1. The molecule has 204 valence electrons. The van der Waals surface area contributed by atoms with Gasteiger partial charge in [-0.1, -0.05) is 77.5 Å². The highest BCUT2D eigenvalue weighted by Gasteiger charge is 2.33. The summed E-state index contributed by atoms with van der Waals surface area (Å²) in [5, 5.41) is 5.56. The molecule has 0 saturated carbocycles. The van der Waals surface area contributed by atoms with Crippen LogP contribution in [0.2, 0.25) is 5.02 Å². The van der Waals surface area contributed by atoms with E-state index in [1.807, 2.05) is 109 Å². The quantitative estimate of drug-likeness (QED) is 0.244. The van der Waals surface area contributed by atoms with Gasteiger partial charge in [-0.05, 0) is 60.3 Å². The lowest BCUT2D eigenvalue weighted by Crippen LogP contribution is -2.40. The van der Waals surface area contributed by atoms with Crippen molar-refractivity contribution >= 4 is 51.9 Å². The van der Waals surface area contributed by atoms with Crippen LogP contribution < -0.4 is 24.9 Å². The van der Waals surface area contributed by atoms with Crippen molar-refractivity contribution in [2.45, 2.75) is 19.6 Å². The monoisotopic (exact) mass is 597 g/mol. The molecule has 0 unspecified atom stereocenters. The first kappa shape index (κ1) is 27.0. The summed E-state index contributed by atoms with van der Waals surface area (Å²) in [5.41, 5.74) is 3.20. The van der Waals surface area contributed by atoms with Crippen molar-refractivity contribution in [3.63, 3.8) is 0 Å². The molecule has 6 nitrogen and oxygen atoms in total. The van der Waals surface area contributed by atoms with Gasteiger partial charge in [0.15, 0.2) is 4.80 Å². The number of amides is 1. The standard InChI is InChI=1S/C32H24ClN3O3S2/c1-20-28(30(37)35-24-12-3-2-4-13-24)29(26-15-8-16-40-26)36-31(38)27(41-32(36)34-20)18-22-10-5-6-14-25(22)39-19-21-9-7-11-23(33)17-21/h2-18,29H,19H2,1H3,(H,35,37)/b27-18-/t29-/m0/s1. The zero-order valence-electron chi connectivity index (χ0n) is 21.9. The van der Waals surface area contributed by atoms with E-state index in [2.05, 4.69) is 5.32 Å². The van der Waals surface area contributed by atoms with Crippen molar-refractivity contribution in [2.75, 3.05) is 5.32 Å². The number of carbonyl (C=O) groups excluding carboxylic acids is 1.